The highest BCUT2D eigenvalue weighted by Gasteiger charge is 2.28. The number of methoxy groups -OCH3 is 1. The number of likely N-dealkylation sites (tertiary alicyclic amines) is 1. The lowest BCUT2D eigenvalue weighted by Gasteiger charge is -2.33. The summed E-state index contributed by atoms with van der Waals surface area (Å²) in [6.45, 7) is 4.05. The Labute approximate surface area is 135 Å². The van der Waals surface area contributed by atoms with Gasteiger partial charge in [0, 0.05) is 57.6 Å². The molecule has 1 aliphatic heterocycles. The van der Waals surface area contributed by atoms with Crippen molar-refractivity contribution in [3.63, 3.8) is 0 Å². The third-order valence-corrected chi connectivity index (χ3v) is 4.46. The number of amides is 1. The number of imidazole rings is 2. The monoisotopic (exact) mass is 317 g/mol. The summed E-state index contributed by atoms with van der Waals surface area (Å²) in [6.07, 6.45) is 7.19. The van der Waals surface area contributed by atoms with Crippen LogP contribution in [0.3, 0.4) is 0 Å². The molecule has 1 amide bonds. The van der Waals surface area contributed by atoms with Crippen LogP contribution in [0.15, 0.2) is 18.6 Å². The van der Waals surface area contributed by atoms with Crippen LogP contribution in [0.4, 0.5) is 0 Å². The topological polar surface area (TPSA) is 65.2 Å². The van der Waals surface area contributed by atoms with E-state index >= 15 is 0 Å². The molecule has 23 heavy (non-hydrogen) atoms. The van der Waals surface area contributed by atoms with Gasteiger partial charge in [0.05, 0.1) is 0 Å². The van der Waals surface area contributed by atoms with E-state index in [1.807, 2.05) is 18.1 Å². The fourth-order valence-corrected chi connectivity index (χ4v) is 3.27. The largest absolute Gasteiger partial charge is 0.377 e. The molecule has 0 radical (unpaired) electrons. The summed E-state index contributed by atoms with van der Waals surface area (Å²) in [5.74, 6) is 1.47. The smallest absolute Gasteiger partial charge is 0.289 e. The fraction of sp³-hybridized carbons (Fsp3) is 0.562. The lowest BCUT2D eigenvalue weighted by atomic mass is 10.0. The highest BCUT2D eigenvalue weighted by molar-refractivity contribution is 5.90. The van der Waals surface area contributed by atoms with Crippen molar-refractivity contribution in [3.8, 4) is 0 Å². The predicted molar refractivity (Wildman–Crippen MR) is 85.1 cm³/mol. The Balaban J connectivity index is 1.68. The average molecular weight is 317 g/mol. The SMILES string of the molecule is COCc1ncc(C)n1C1CCN(C(=O)c2nccn2C)CC1. The molecule has 0 atom stereocenters. The minimum absolute atomic E-state index is 0.00965. The molecular formula is C16H23N5O2. The van der Waals surface area contributed by atoms with Gasteiger partial charge in [-0.15, -0.1) is 0 Å². The van der Waals surface area contributed by atoms with Crippen molar-refractivity contribution < 1.29 is 9.53 Å². The van der Waals surface area contributed by atoms with Gasteiger partial charge < -0.3 is 18.8 Å². The summed E-state index contributed by atoms with van der Waals surface area (Å²) in [6, 6.07) is 0.369. The number of nitrogens with zero attached hydrogens (tertiary/aromatic N) is 5. The van der Waals surface area contributed by atoms with E-state index in [1.54, 1.807) is 24.1 Å². The van der Waals surface area contributed by atoms with Gasteiger partial charge in [-0.3, -0.25) is 4.79 Å². The van der Waals surface area contributed by atoms with E-state index < -0.39 is 0 Å². The maximum atomic E-state index is 12.5. The minimum atomic E-state index is 0.00965. The minimum Gasteiger partial charge on any atom is -0.377 e. The van der Waals surface area contributed by atoms with Gasteiger partial charge in [0.1, 0.15) is 12.4 Å². The summed E-state index contributed by atoms with van der Waals surface area (Å²) in [5.41, 5.74) is 1.14. The highest BCUT2D eigenvalue weighted by Crippen LogP contribution is 2.26. The molecule has 7 heteroatoms. The molecule has 2 aromatic heterocycles. The summed E-state index contributed by atoms with van der Waals surface area (Å²) < 4.78 is 9.26. The lowest BCUT2D eigenvalue weighted by Crippen LogP contribution is -2.40. The molecule has 3 heterocycles. The summed E-state index contributed by atoms with van der Waals surface area (Å²) in [7, 11) is 3.53. The molecule has 0 unspecified atom stereocenters. The van der Waals surface area contributed by atoms with E-state index in [4.69, 9.17) is 4.74 Å². The van der Waals surface area contributed by atoms with Crippen LogP contribution in [-0.2, 0) is 18.4 Å². The number of carbonyl (C=O) groups excluding carboxylic acids is 1. The third-order valence-electron chi connectivity index (χ3n) is 4.46. The first-order chi connectivity index (χ1) is 11.1. The summed E-state index contributed by atoms with van der Waals surface area (Å²) in [5, 5.41) is 0. The molecule has 0 N–H and O–H groups in total. The molecule has 7 nitrogen and oxygen atoms in total. The van der Waals surface area contributed by atoms with Crippen LogP contribution >= 0.6 is 0 Å². The third kappa shape index (κ3) is 3.01. The molecule has 1 fully saturated rings. The standard InChI is InChI=1S/C16H23N5O2/c1-12-10-18-14(11-23-3)21(12)13-4-7-20(8-5-13)16(22)15-17-6-9-19(15)2/h6,9-10,13H,4-5,7-8,11H2,1-3H3. The van der Waals surface area contributed by atoms with Crippen molar-refractivity contribution in [3.05, 3.63) is 35.9 Å². The fourth-order valence-electron chi connectivity index (χ4n) is 3.27. The van der Waals surface area contributed by atoms with Gasteiger partial charge in [-0.1, -0.05) is 0 Å². The number of carbonyl (C=O) groups is 1. The molecule has 0 spiro atoms. The van der Waals surface area contributed by atoms with E-state index in [9.17, 15) is 4.79 Å². The Morgan fingerprint density at radius 1 is 1.35 bits per heavy atom. The van der Waals surface area contributed by atoms with Crippen LogP contribution in [0.1, 0.15) is 41.0 Å². The Morgan fingerprint density at radius 2 is 2.09 bits per heavy atom. The molecule has 0 aliphatic carbocycles. The molecule has 0 aromatic carbocycles. The molecule has 1 saturated heterocycles. The van der Waals surface area contributed by atoms with Gasteiger partial charge in [0.2, 0.25) is 0 Å². The van der Waals surface area contributed by atoms with Gasteiger partial charge in [-0.25, -0.2) is 9.97 Å². The van der Waals surface area contributed by atoms with Crippen molar-refractivity contribution >= 4 is 5.91 Å². The van der Waals surface area contributed by atoms with Crippen LogP contribution in [0.2, 0.25) is 0 Å². The van der Waals surface area contributed by atoms with Gasteiger partial charge in [-0.2, -0.15) is 0 Å². The van der Waals surface area contributed by atoms with E-state index in [-0.39, 0.29) is 5.91 Å². The predicted octanol–water partition coefficient (Wildman–Crippen LogP) is 1.55. The first-order valence-electron chi connectivity index (χ1n) is 7.90. The Kier molecular flexibility index (Phi) is 4.47. The quantitative estimate of drug-likeness (QED) is 0.858. The van der Waals surface area contributed by atoms with Gasteiger partial charge in [0.15, 0.2) is 5.82 Å². The second kappa shape index (κ2) is 6.54. The second-order valence-corrected chi connectivity index (χ2v) is 6.00. The highest BCUT2D eigenvalue weighted by atomic mass is 16.5. The van der Waals surface area contributed by atoms with Gasteiger partial charge >= 0.3 is 0 Å². The number of hydrogen-bond acceptors (Lipinski definition) is 4. The van der Waals surface area contributed by atoms with E-state index in [2.05, 4.69) is 21.5 Å². The number of aromatic nitrogens is 4. The van der Waals surface area contributed by atoms with Gasteiger partial charge in [-0.05, 0) is 19.8 Å². The number of aryl methyl sites for hydroxylation is 2. The Bertz CT molecular complexity index is 682. The average Bonchev–Trinajstić information content (AvgIpc) is 3.13. The van der Waals surface area contributed by atoms with E-state index in [0.29, 0.717) is 18.5 Å². The van der Waals surface area contributed by atoms with Crippen molar-refractivity contribution in [2.75, 3.05) is 20.2 Å². The normalized spacial score (nSPS) is 16.0. The lowest BCUT2D eigenvalue weighted by molar-refractivity contribution is 0.0674. The van der Waals surface area contributed by atoms with Crippen LogP contribution in [-0.4, -0.2) is 50.1 Å². The molecule has 3 rings (SSSR count). The Morgan fingerprint density at radius 3 is 2.70 bits per heavy atom. The zero-order valence-corrected chi connectivity index (χ0v) is 13.9. The molecule has 124 valence electrons. The maximum absolute atomic E-state index is 12.5. The Hall–Kier alpha value is -2.15. The first kappa shape index (κ1) is 15.7. The molecule has 0 bridgehead atoms. The van der Waals surface area contributed by atoms with Crippen molar-refractivity contribution in [1.82, 2.24) is 24.0 Å². The molecule has 2 aromatic rings. The van der Waals surface area contributed by atoms with Crippen LogP contribution in [0.25, 0.3) is 0 Å². The number of ether oxygens (including phenoxy) is 1. The first-order valence-corrected chi connectivity index (χ1v) is 7.90. The molecule has 1 aliphatic rings. The van der Waals surface area contributed by atoms with E-state index in [1.165, 1.54) is 0 Å². The maximum Gasteiger partial charge on any atom is 0.289 e. The summed E-state index contributed by atoms with van der Waals surface area (Å²) in [4.78, 5) is 23.0. The zero-order chi connectivity index (χ0) is 16.4. The van der Waals surface area contributed by atoms with E-state index in [0.717, 1.165) is 37.4 Å². The number of hydrogen-bond donors (Lipinski definition) is 0. The molecular weight excluding hydrogens is 294 g/mol. The second-order valence-electron chi connectivity index (χ2n) is 6.00. The summed E-state index contributed by atoms with van der Waals surface area (Å²) >= 11 is 0. The zero-order valence-electron chi connectivity index (χ0n) is 13.9. The number of piperidine rings is 1. The molecule has 0 saturated carbocycles. The van der Waals surface area contributed by atoms with Crippen LogP contribution in [0, 0.1) is 6.92 Å². The van der Waals surface area contributed by atoms with Crippen molar-refractivity contribution in [2.24, 2.45) is 7.05 Å². The van der Waals surface area contributed by atoms with Crippen molar-refractivity contribution in [1.29, 1.82) is 0 Å². The van der Waals surface area contributed by atoms with Gasteiger partial charge in [0.25, 0.3) is 5.91 Å². The van der Waals surface area contributed by atoms with Crippen LogP contribution in [0.5, 0.6) is 0 Å². The van der Waals surface area contributed by atoms with Crippen LogP contribution < -0.4 is 0 Å². The van der Waals surface area contributed by atoms with Crippen molar-refractivity contribution in [2.45, 2.75) is 32.4 Å². The number of rotatable bonds is 4.